The fourth-order valence-electron chi connectivity index (χ4n) is 1.88. The molecule has 0 unspecified atom stereocenters. The molecule has 0 aliphatic heterocycles. The smallest absolute Gasteiger partial charge is 0.316 e. The predicted molar refractivity (Wildman–Crippen MR) is 78.2 cm³/mol. The maximum Gasteiger partial charge on any atom is 0.316 e. The molecule has 1 aromatic rings. The molecule has 1 aromatic carbocycles. The molecule has 0 saturated heterocycles. The highest BCUT2D eigenvalue weighted by Gasteiger charge is 2.24. The first-order chi connectivity index (χ1) is 9.05. The van der Waals surface area contributed by atoms with Crippen molar-refractivity contribution in [3.05, 3.63) is 24.3 Å². The van der Waals surface area contributed by atoms with Gasteiger partial charge in [-0.3, -0.25) is 0 Å². The van der Waals surface area contributed by atoms with Gasteiger partial charge in [-0.25, -0.2) is 4.79 Å². The number of amides is 2. The van der Waals surface area contributed by atoms with E-state index >= 15 is 0 Å². The number of hydrogen-bond donors (Lipinski definition) is 4. The highest BCUT2D eigenvalue weighted by molar-refractivity contribution is 5.87. The van der Waals surface area contributed by atoms with E-state index in [1.807, 2.05) is 12.1 Å². The minimum absolute atomic E-state index is 0.0792. The summed E-state index contributed by atoms with van der Waals surface area (Å²) in [6.45, 7) is 5.07. The second kappa shape index (κ2) is 6.99. The Morgan fingerprint density at radius 1 is 1.21 bits per heavy atom. The largest absolute Gasteiger partial charge is 0.396 e. The van der Waals surface area contributed by atoms with Gasteiger partial charge in [-0.15, -0.1) is 0 Å². The predicted octanol–water partition coefficient (Wildman–Crippen LogP) is 2.39. The molecule has 5 nitrogen and oxygen atoms in total. The molecule has 5 N–H and O–H groups in total. The number of benzene rings is 1. The van der Waals surface area contributed by atoms with E-state index in [4.69, 9.17) is 5.73 Å². The van der Waals surface area contributed by atoms with E-state index in [0.717, 1.165) is 25.1 Å². The van der Waals surface area contributed by atoms with E-state index in [9.17, 15) is 9.90 Å². The molecule has 0 radical (unpaired) electrons. The molecule has 106 valence electrons. The molecular weight excluding hydrogens is 242 g/mol. The first kappa shape index (κ1) is 15.3. The summed E-state index contributed by atoms with van der Waals surface area (Å²) in [6.07, 6.45) is 1.85. The van der Waals surface area contributed by atoms with E-state index in [1.165, 1.54) is 0 Å². The van der Waals surface area contributed by atoms with Crippen LogP contribution in [0, 0.1) is 5.41 Å². The highest BCUT2D eigenvalue weighted by atomic mass is 16.3. The van der Waals surface area contributed by atoms with Crippen molar-refractivity contribution in [2.24, 2.45) is 11.1 Å². The van der Waals surface area contributed by atoms with Crippen molar-refractivity contribution in [1.29, 1.82) is 0 Å². The van der Waals surface area contributed by atoms with E-state index in [-0.39, 0.29) is 12.0 Å². The van der Waals surface area contributed by atoms with Crippen molar-refractivity contribution < 1.29 is 9.90 Å². The van der Waals surface area contributed by atoms with Crippen molar-refractivity contribution in [3.63, 3.8) is 0 Å². The lowest BCUT2D eigenvalue weighted by atomic mass is 9.83. The van der Waals surface area contributed by atoms with Gasteiger partial charge in [0.2, 0.25) is 0 Å². The molecule has 0 bridgehead atoms. The summed E-state index contributed by atoms with van der Waals surface area (Å²) < 4.78 is 0. The summed E-state index contributed by atoms with van der Waals surface area (Å²) in [4.78, 5) is 10.7. The molecule has 2 amide bonds. The molecule has 0 fully saturated rings. The van der Waals surface area contributed by atoms with E-state index in [2.05, 4.69) is 24.5 Å². The summed E-state index contributed by atoms with van der Waals surface area (Å²) >= 11 is 0. The van der Waals surface area contributed by atoms with Crippen LogP contribution in [0.1, 0.15) is 26.7 Å². The van der Waals surface area contributed by atoms with Crippen molar-refractivity contribution in [3.8, 4) is 0 Å². The highest BCUT2D eigenvalue weighted by Crippen LogP contribution is 2.26. The third kappa shape index (κ3) is 4.44. The lowest BCUT2D eigenvalue weighted by Gasteiger charge is -2.30. The maximum atomic E-state index is 10.7. The molecule has 0 aromatic heterocycles. The maximum absolute atomic E-state index is 10.7. The van der Waals surface area contributed by atoms with Crippen LogP contribution in [0.3, 0.4) is 0 Å². The first-order valence-electron chi connectivity index (χ1n) is 6.56. The SMILES string of the molecule is CCC(CC)(CO)CNc1ccc(NC(N)=O)cc1. The summed E-state index contributed by atoms with van der Waals surface area (Å²) in [5.41, 5.74) is 6.58. The summed E-state index contributed by atoms with van der Waals surface area (Å²) in [5.74, 6) is 0. The lowest BCUT2D eigenvalue weighted by molar-refractivity contribution is 0.127. The van der Waals surface area contributed by atoms with Gasteiger partial charge >= 0.3 is 6.03 Å². The van der Waals surface area contributed by atoms with Crippen LogP contribution in [0.4, 0.5) is 16.2 Å². The van der Waals surface area contributed by atoms with Crippen LogP contribution in [0.5, 0.6) is 0 Å². The van der Waals surface area contributed by atoms with Crippen LogP contribution in [-0.4, -0.2) is 24.3 Å². The van der Waals surface area contributed by atoms with Crippen molar-refractivity contribution in [2.75, 3.05) is 23.8 Å². The Labute approximate surface area is 114 Å². The molecule has 19 heavy (non-hydrogen) atoms. The molecule has 0 saturated carbocycles. The van der Waals surface area contributed by atoms with Gasteiger partial charge in [-0.1, -0.05) is 13.8 Å². The Kier molecular flexibility index (Phi) is 5.63. The molecule has 0 heterocycles. The fourth-order valence-corrected chi connectivity index (χ4v) is 1.88. The molecule has 0 aliphatic carbocycles. The molecule has 0 atom stereocenters. The third-order valence-corrected chi connectivity index (χ3v) is 3.66. The van der Waals surface area contributed by atoms with Gasteiger partial charge in [0, 0.05) is 23.3 Å². The van der Waals surface area contributed by atoms with Crippen LogP contribution in [0.2, 0.25) is 0 Å². The Morgan fingerprint density at radius 3 is 2.16 bits per heavy atom. The topological polar surface area (TPSA) is 87.4 Å². The van der Waals surface area contributed by atoms with Crippen LogP contribution >= 0.6 is 0 Å². The van der Waals surface area contributed by atoms with Gasteiger partial charge in [-0.05, 0) is 37.1 Å². The normalized spacial score (nSPS) is 11.1. The number of hydrogen-bond acceptors (Lipinski definition) is 3. The average molecular weight is 265 g/mol. The zero-order valence-electron chi connectivity index (χ0n) is 11.6. The first-order valence-corrected chi connectivity index (χ1v) is 6.56. The zero-order valence-corrected chi connectivity index (χ0v) is 11.6. The van der Waals surface area contributed by atoms with Gasteiger partial charge in [0.15, 0.2) is 0 Å². The van der Waals surface area contributed by atoms with Crippen LogP contribution < -0.4 is 16.4 Å². The monoisotopic (exact) mass is 265 g/mol. The van der Waals surface area contributed by atoms with E-state index in [0.29, 0.717) is 5.69 Å². The van der Waals surface area contributed by atoms with Crippen molar-refractivity contribution in [1.82, 2.24) is 0 Å². The number of primary amides is 1. The van der Waals surface area contributed by atoms with Crippen LogP contribution in [0.25, 0.3) is 0 Å². The van der Waals surface area contributed by atoms with Gasteiger partial charge in [0.1, 0.15) is 0 Å². The fraction of sp³-hybridized carbons (Fsp3) is 0.500. The number of rotatable bonds is 7. The Balaban J connectivity index is 2.60. The number of aliphatic hydroxyl groups is 1. The standard InChI is InChI=1S/C14H23N3O2/c1-3-14(4-2,10-18)9-16-11-5-7-12(8-6-11)17-13(15)19/h5-8,16,18H,3-4,9-10H2,1-2H3,(H3,15,17,19). The van der Waals surface area contributed by atoms with Gasteiger partial charge < -0.3 is 21.5 Å². The number of carbonyl (C=O) groups excluding carboxylic acids is 1. The summed E-state index contributed by atoms with van der Waals surface area (Å²) in [5, 5.41) is 15.3. The zero-order chi connectivity index (χ0) is 14.3. The lowest BCUT2D eigenvalue weighted by Crippen LogP contribution is -2.32. The summed E-state index contributed by atoms with van der Waals surface area (Å²) in [6, 6.07) is 6.74. The minimum atomic E-state index is -0.572. The Morgan fingerprint density at radius 2 is 1.74 bits per heavy atom. The van der Waals surface area contributed by atoms with Gasteiger partial charge in [0.25, 0.3) is 0 Å². The van der Waals surface area contributed by atoms with E-state index in [1.54, 1.807) is 12.1 Å². The third-order valence-electron chi connectivity index (χ3n) is 3.66. The number of nitrogens with one attached hydrogen (secondary N) is 2. The average Bonchev–Trinajstić information content (AvgIpc) is 2.42. The van der Waals surface area contributed by atoms with Crippen molar-refractivity contribution in [2.45, 2.75) is 26.7 Å². The second-order valence-corrected chi connectivity index (χ2v) is 4.79. The Bertz CT molecular complexity index is 391. The van der Waals surface area contributed by atoms with Crippen LogP contribution in [0.15, 0.2) is 24.3 Å². The molecule has 0 aliphatic rings. The number of aliphatic hydroxyl groups excluding tert-OH is 1. The Hall–Kier alpha value is -1.75. The second-order valence-electron chi connectivity index (χ2n) is 4.79. The van der Waals surface area contributed by atoms with Gasteiger partial charge in [0.05, 0.1) is 6.61 Å². The number of anilines is 2. The molecule has 0 spiro atoms. The quantitative estimate of drug-likeness (QED) is 0.610. The van der Waals surface area contributed by atoms with Crippen molar-refractivity contribution >= 4 is 17.4 Å². The number of carbonyl (C=O) groups is 1. The molecule has 5 heteroatoms. The van der Waals surface area contributed by atoms with Gasteiger partial charge in [-0.2, -0.15) is 0 Å². The number of urea groups is 1. The van der Waals surface area contributed by atoms with E-state index < -0.39 is 6.03 Å². The molecular formula is C14H23N3O2. The van der Waals surface area contributed by atoms with Crippen LogP contribution in [-0.2, 0) is 0 Å². The molecule has 1 rings (SSSR count). The summed E-state index contributed by atoms with van der Waals surface area (Å²) in [7, 11) is 0. The minimum Gasteiger partial charge on any atom is -0.396 e. The number of nitrogens with two attached hydrogens (primary N) is 1.